The third-order valence-electron chi connectivity index (χ3n) is 5.09. The highest BCUT2D eigenvalue weighted by Crippen LogP contribution is 2.43. The van der Waals surface area contributed by atoms with Gasteiger partial charge in [0.25, 0.3) is 0 Å². The molecule has 0 aliphatic carbocycles. The molecule has 0 spiro atoms. The van der Waals surface area contributed by atoms with E-state index in [1.807, 2.05) is 19.1 Å². The quantitative estimate of drug-likeness (QED) is 0.498. The summed E-state index contributed by atoms with van der Waals surface area (Å²) in [6.45, 7) is 2.69. The number of nitrogens with one attached hydrogen (secondary N) is 2. The first kappa shape index (κ1) is 15.1. The van der Waals surface area contributed by atoms with Crippen LogP contribution in [0.1, 0.15) is 24.1 Å². The van der Waals surface area contributed by atoms with E-state index in [-0.39, 0.29) is 6.04 Å². The van der Waals surface area contributed by atoms with Crippen LogP contribution in [0.25, 0.3) is 22.0 Å². The lowest BCUT2D eigenvalue weighted by Crippen LogP contribution is -2.11. The maximum Gasteiger partial charge on any atom is 0.119 e. The van der Waals surface area contributed by atoms with Crippen molar-refractivity contribution < 1.29 is 4.74 Å². The number of H-pyrrole nitrogens is 1. The molecule has 4 aromatic rings. The summed E-state index contributed by atoms with van der Waals surface area (Å²) in [5.41, 5.74) is 7.35. The Morgan fingerprint density at radius 2 is 1.69 bits per heavy atom. The van der Waals surface area contributed by atoms with Crippen molar-refractivity contribution in [2.24, 2.45) is 0 Å². The minimum absolute atomic E-state index is 0.0872. The number of anilines is 1. The molecule has 0 radical (unpaired) electrons. The molecular formula is C23H20N2O. The second-order valence-corrected chi connectivity index (χ2v) is 6.60. The molecule has 0 saturated heterocycles. The predicted octanol–water partition coefficient (Wildman–Crippen LogP) is 5.75. The van der Waals surface area contributed by atoms with Gasteiger partial charge in [0.2, 0.25) is 0 Å². The highest BCUT2D eigenvalue weighted by Gasteiger charge is 2.25. The Morgan fingerprint density at radius 3 is 2.54 bits per heavy atom. The Balaban J connectivity index is 1.72. The van der Waals surface area contributed by atoms with Crippen molar-refractivity contribution in [1.82, 2.24) is 4.98 Å². The van der Waals surface area contributed by atoms with E-state index < -0.39 is 0 Å². The number of rotatable bonds is 3. The molecule has 1 atom stereocenters. The molecule has 3 nitrogen and oxygen atoms in total. The fourth-order valence-electron chi connectivity index (χ4n) is 3.93. The van der Waals surface area contributed by atoms with Gasteiger partial charge in [0.15, 0.2) is 0 Å². The highest BCUT2D eigenvalue weighted by molar-refractivity contribution is 6.02. The lowest BCUT2D eigenvalue weighted by atomic mass is 9.95. The van der Waals surface area contributed by atoms with Gasteiger partial charge in [0, 0.05) is 33.9 Å². The molecule has 2 heterocycles. The molecule has 3 heteroatoms. The molecule has 1 aromatic heterocycles. The minimum Gasteiger partial charge on any atom is -0.494 e. The smallest absolute Gasteiger partial charge is 0.119 e. The summed E-state index contributed by atoms with van der Waals surface area (Å²) >= 11 is 0. The SMILES string of the molecule is CCOc1ccc(C2Nc3ccccc3-c3cccc4[nH]cc2c34)cc1. The average Bonchev–Trinajstić information content (AvgIpc) is 3.05. The van der Waals surface area contributed by atoms with Gasteiger partial charge in [-0.05, 0) is 42.3 Å². The van der Waals surface area contributed by atoms with Crippen LogP contribution in [0.5, 0.6) is 5.75 Å². The molecule has 0 bridgehead atoms. The van der Waals surface area contributed by atoms with Crippen LogP contribution in [0.2, 0.25) is 0 Å². The van der Waals surface area contributed by atoms with Gasteiger partial charge >= 0.3 is 0 Å². The predicted molar refractivity (Wildman–Crippen MR) is 107 cm³/mol. The first-order valence-electron chi connectivity index (χ1n) is 9.04. The maximum absolute atomic E-state index is 5.60. The van der Waals surface area contributed by atoms with Crippen molar-refractivity contribution in [2.75, 3.05) is 11.9 Å². The second-order valence-electron chi connectivity index (χ2n) is 6.60. The van der Waals surface area contributed by atoms with E-state index in [1.165, 1.54) is 33.2 Å². The topological polar surface area (TPSA) is 37.0 Å². The lowest BCUT2D eigenvalue weighted by Gasteiger charge is -2.20. The van der Waals surface area contributed by atoms with E-state index in [2.05, 4.69) is 71.1 Å². The molecule has 1 aliphatic rings. The van der Waals surface area contributed by atoms with Crippen LogP contribution in [0.4, 0.5) is 5.69 Å². The first-order valence-corrected chi connectivity index (χ1v) is 9.04. The normalized spacial score (nSPS) is 15.2. The Hall–Kier alpha value is -3.20. The number of hydrogen-bond acceptors (Lipinski definition) is 2. The number of fused-ring (bicyclic) bond motifs is 2. The number of aromatic nitrogens is 1. The van der Waals surface area contributed by atoms with Crippen LogP contribution in [-0.2, 0) is 0 Å². The number of para-hydroxylation sites is 1. The van der Waals surface area contributed by atoms with Crippen LogP contribution >= 0.6 is 0 Å². The number of ether oxygens (including phenoxy) is 1. The van der Waals surface area contributed by atoms with Gasteiger partial charge in [0.05, 0.1) is 12.6 Å². The molecule has 5 rings (SSSR count). The molecule has 26 heavy (non-hydrogen) atoms. The standard InChI is InChI=1S/C23H20N2O/c1-2-26-16-12-10-15(11-13-16)23-19-14-24-21-9-5-7-18(22(19)21)17-6-3-4-8-20(17)25-23/h3-14,23-25H,2H2,1H3. The molecule has 1 aliphatic heterocycles. The van der Waals surface area contributed by atoms with Crippen molar-refractivity contribution in [3.05, 3.63) is 84.1 Å². The van der Waals surface area contributed by atoms with E-state index >= 15 is 0 Å². The first-order chi connectivity index (χ1) is 12.8. The van der Waals surface area contributed by atoms with Gasteiger partial charge in [-0.25, -0.2) is 0 Å². The van der Waals surface area contributed by atoms with E-state index in [9.17, 15) is 0 Å². The third-order valence-corrected chi connectivity index (χ3v) is 5.09. The van der Waals surface area contributed by atoms with Crippen LogP contribution < -0.4 is 10.1 Å². The maximum atomic E-state index is 5.60. The zero-order valence-electron chi connectivity index (χ0n) is 14.6. The van der Waals surface area contributed by atoms with Gasteiger partial charge in [0.1, 0.15) is 5.75 Å². The molecule has 0 amide bonds. The van der Waals surface area contributed by atoms with E-state index in [0.29, 0.717) is 6.61 Å². The molecule has 3 aromatic carbocycles. The van der Waals surface area contributed by atoms with E-state index in [0.717, 1.165) is 11.4 Å². The van der Waals surface area contributed by atoms with Gasteiger partial charge in [-0.15, -0.1) is 0 Å². The minimum atomic E-state index is 0.0872. The summed E-state index contributed by atoms with van der Waals surface area (Å²) in [6.07, 6.45) is 2.13. The Labute approximate surface area is 152 Å². The Bertz CT molecular complexity index is 1080. The summed E-state index contributed by atoms with van der Waals surface area (Å²) in [4.78, 5) is 3.45. The van der Waals surface area contributed by atoms with Crippen LogP contribution in [0, 0.1) is 0 Å². The summed E-state index contributed by atoms with van der Waals surface area (Å²) in [6, 6.07) is 23.5. The largest absolute Gasteiger partial charge is 0.494 e. The van der Waals surface area contributed by atoms with Gasteiger partial charge < -0.3 is 15.0 Å². The van der Waals surface area contributed by atoms with E-state index in [1.54, 1.807) is 0 Å². The molecule has 128 valence electrons. The van der Waals surface area contributed by atoms with Crippen molar-refractivity contribution in [3.63, 3.8) is 0 Å². The second kappa shape index (κ2) is 5.95. The van der Waals surface area contributed by atoms with E-state index in [4.69, 9.17) is 4.74 Å². The zero-order chi connectivity index (χ0) is 17.5. The molecular weight excluding hydrogens is 320 g/mol. The summed E-state index contributed by atoms with van der Waals surface area (Å²) < 4.78 is 5.60. The molecule has 0 saturated carbocycles. The van der Waals surface area contributed by atoms with Gasteiger partial charge in [-0.1, -0.05) is 42.5 Å². The average molecular weight is 340 g/mol. The van der Waals surface area contributed by atoms with Crippen molar-refractivity contribution in [3.8, 4) is 16.9 Å². The van der Waals surface area contributed by atoms with Crippen LogP contribution in [0.15, 0.2) is 72.9 Å². The van der Waals surface area contributed by atoms with Gasteiger partial charge in [-0.3, -0.25) is 0 Å². The zero-order valence-corrected chi connectivity index (χ0v) is 14.6. The van der Waals surface area contributed by atoms with Crippen LogP contribution in [-0.4, -0.2) is 11.6 Å². The lowest BCUT2D eigenvalue weighted by molar-refractivity contribution is 0.340. The van der Waals surface area contributed by atoms with Gasteiger partial charge in [-0.2, -0.15) is 0 Å². The van der Waals surface area contributed by atoms with Crippen molar-refractivity contribution >= 4 is 16.6 Å². The summed E-state index contributed by atoms with van der Waals surface area (Å²) in [7, 11) is 0. The Kier molecular flexibility index (Phi) is 3.45. The summed E-state index contributed by atoms with van der Waals surface area (Å²) in [5, 5.41) is 5.05. The fraction of sp³-hybridized carbons (Fsp3) is 0.130. The number of aromatic amines is 1. The molecule has 0 fully saturated rings. The Morgan fingerprint density at radius 1 is 0.885 bits per heavy atom. The highest BCUT2D eigenvalue weighted by atomic mass is 16.5. The van der Waals surface area contributed by atoms with Crippen molar-refractivity contribution in [2.45, 2.75) is 13.0 Å². The number of hydrogen-bond donors (Lipinski definition) is 2. The molecule has 2 N–H and O–H groups in total. The molecule has 1 unspecified atom stereocenters. The van der Waals surface area contributed by atoms with Crippen molar-refractivity contribution in [1.29, 1.82) is 0 Å². The third kappa shape index (κ3) is 2.28. The monoisotopic (exact) mass is 340 g/mol. The fourth-order valence-corrected chi connectivity index (χ4v) is 3.93. The van der Waals surface area contributed by atoms with Crippen LogP contribution in [0.3, 0.4) is 0 Å². The summed E-state index contributed by atoms with van der Waals surface area (Å²) in [5.74, 6) is 0.907. The number of benzene rings is 3.